The smallest absolute Gasteiger partial charge is 0.191 e. The van der Waals surface area contributed by atoms with Crippen molar-refractivity contribution in [1.29, 1.82) is 0 Å². The highest BCUT2D eigenvalue weighted by atomic mass is 127. The summed E-state index contributed by atoms with van der Waals surface area (Å²) in [5.74, 6) is 0.955. The van der Waals surface area contributed by atoms with E-state index >= 15 is 0 Å². The molecule has 1 saturated carbocycles. The second kappa shape index (κ2) is 10.1. The predicted octanol–water partition coefficient (Wildman–Crippen LogP) is 1.75. The number of halogens is 1. The molecule has 0 aromatic carbocycles. The van der Waals surface area contributed by atoms with Gasteiger partial charge >= 0.3 is 0 Å². The molecule has 0 radical (unpaired) electrons. The van der Waals surface area contributed by atoms with Crippen molar-refractivity contribution in [2.75, 3.05) is 26.3 Å². The van der Waals surface area contributed by atoms with Gasteiger partial charge in [0.25, 0.3) is 0 Å². The van der Waals surface area contributed by atoms with E-state index in [0.717, 1.165) is 38.7 Å². The monoisotopic (exact) mass is 341 g/mol. The molecule has 5 heteroatoms. The van der Waals surface area contributed by atoms with Gasteiger partial charge in [-0.3, -0.25) is 4.99 Å². The third-order valence-electron chi connectivity index (χ3n) is 2.18. The van der Waals surface area contributed by atoms with Gasteiger partial charge < -0.3 is 15.4 Å². The summed E-state index contributed by atoms with van der Waals surface area (Å²) in [6.07, 6.45) is 3.56. The molecule has 4 nitrogen and oxygen atoms in total. The lowest BCUT2D eigenvalue weighted by atomic mass is 10.4. The first kappa shape index (κ1) is 16.0. The van der Waals surface area contributed by atoms with Crippen molar-refractivity contribution in [1.82, 2.24) is 10.6 Å². The van der Waals surface area contributed by atoms with Crippen LogP contribution < -0.4 is 10.6 Å². The molecule has 0 bridgehead atoms. The van der Waals surface area contributed by atoms with Crippen molar-refractivity contribution in [3.63, 3.8) is 0 Å². The highest BCUT2D eigenvalue weighted by molar-refractivity contribution is 14.0. The summed E-state index contributed by atoms with van der Waals surface area (Å²) in [6, 6.07) is 0.662. The summed E-state index contributed by atoms with van der Waals surface area (Å²) in [5.41, 5.74) is 0. The van der Waals surface area contributed by atoms with Crippen molar-refractivity contribution >= 4 is 29.9 Å². The van der Waals surface area contributed by atoms with Crippen LogP contribution in [0.5, 0.6) is 0 Å². The van der Waals surface area contributed by atoms with Crippen molar-refractivity contribution < 1.29 is 4.74 Å². The Labute approximate surface area is 116 Å². The maximum atomic E-state index is 5.26. The Kier molecular flexibility index (Phi) is 10.1. The summed E-state index contributed by atoms with van der Waals surface area (Å²) < 4.78 is 5.26. The minimum Gasteiger partial charge on any atom is -0.382 e. The van der Waals surface area contributed by atoms with Gasteiger partial charge in [0.1, 0.15) is 0 Å². The first-order valence-corrected chi connectivity index (χ1v) is 5.99. The summed E-state index contributed by atoms with van der Waals surface area (Å²) in [6.45, 7) is 7.46. The van der Waals surface area contributed by atoms with Crippen LogP contribution in [0, 0.1) is 0 Å². The van der Waals surface area contributed by atoms with Gasteiger partial charge in [0.2, 0.25) is 0 Å². The molecule has 0 atom stereocenters. The van der Waals surface area contributed by atoms with E-state index in [1.54, 1.807) is 0 Å². The molecule has 0 aliphatic heterocycles. The molecule has 0 spiro atoms. The lowest BCUT2D eigenvalue weighted by Crippen LogP contribution is -2.38. The molecule has 96 valence electrons. The summed E-state index contributed by atoms with van der Waals surface area (Å²) in [4.78, 5) is 4.48. The topological polar surface area (TPSA) is 45.7 Å². The van der Waals surface area contributed by atoms with E-state index in [1.807, 2.05) is 6.92 Å². The number of aliphatic imine (C=N–C) groups is 1. The fraction of sp³-hybridized carbons (Fsp3) is 0.909. The number of rotatable bonds is 7. The summed E-state index contributed by atoms with van der Waals surface area (Å²) in [5, 5.41) is 6.62. The number of nitrogens with zero attached hydrogens (tertiary/aromatic N) is 1. The molecule has 0 aromatic heterocycles. The highest BCUT2D eigenvalue weighted by Crippen LogP contribution is 2.18. The molecule has 16 heavy (non-hydrogen) atoms. The zero-order valence-corrected chi connectivity index (χ0v) is 12.6. The molecular weight excluding hydrogens is 317 g/mol. The van der Waals surface area contributed by atoms with Crippen LogP contribution in [0.15, 0.2) is 4.99 Å². The van der Waals surface area contributed by atoms with E-state index in [4.69, 9.17) is 4.74 Å². The van der Waals surface area contributed by atoms with Gasteiger partial charge in [-0.25, -0.2) is 0 Å². The zero-order valence-electron chi connectivity index (χ0n) is 10.3. The van der Waals surface area contributed by atoms with E-state index < -0.39 is 0 Å². The second-order valence-electron chi connectivity index (χ2n) is 3.73. The molecule has 1 aliphatic rings. The molecule has 0 saturated heterocycles. The van der Waals surface area contributed by atoms with Gasteiger partial charge in [-0.15, -0.1) is 24.0 Å². The van der Waals surface area contributed by atoms with Crippen molar-refractivity contribution in [3.05, 3.63) is 0 Å². The van der Waals surface area contributed by atoms with Crippen LogP contribution >= 0.6 is 24.0 Å². The first-order valence-electron chi connectivity index (χ1n) is 5.99. The summed E-state index contributed by atoms with van der Waals surface area (Å²) in [7, 11) is 0. The van der Waals surface area contributed by atoms with Crippen LogP contribution in [-0.2, 0) is 4.74 Å². The third-order valence-corrected chi connectivity index (χ3v) is 2.18. The van der Waals surface area contributed by atoms with E-state index in [-0.39, 0.29) is 24.0 Å². The zero-order chi connectivity index (χ0) is 10.9. The van der Waals surface area contributed by atoms with Crippen LogP contribution in [0.2, 0.25) is 0 Å². The predicted molar refractivity (Wildman–Crippen MR) is 78.7 cm³/mol. The number of guanidine groups is 1. The lowest BCUT2D eigenvalue weighted by Gasteiger charge is -2.09. The van der Waals surface area contributed by atoms with Gasteiger partial charge in [0, 0.05) is 32.3 Å². The van der Waals surface area contributed by atoms with Crippen LogP contribution in [0.4, 0.5) is 0 Å². The number of hydrogen-bond acceptors (Lipinski definition) is 2. The standard InChI is InChI=1S/C11H23N3O.HI/c1-3-12-11(14-10-6-7-10)13-8-5-9-15-4-2;/h10H,3-9H2,1-2H3,(H2,12,13,14);1H. The van der Waals surface area contributed by atoms with Gasteiger partial charge in [-0.2, -0.15) is 0 Å². The molecule has 0 amide bonds. The normalized spacial score (nSPS) is 15.5. The van der Waals surface area contributed by atoms with E-state index in [9.17, 15) is 0 Å². The lowest BCUT2D eigenvalue weighted by molar-refractivity contribution is 0.146. The van der Waals surface area contributed by atoms with Gasteiger partial charge in [-0.05, 0) is 33.1 Å². The number of hydrogen-bond donors (Lipinski definition) is 2. The van der Waals surface area contributed by atoms with Crippen LogP contribution in [0.3, 0.4) is 0 Å². The quantitative estimate of drug-likeness (QED) is 0.321. The molecular formula is C11H24IN3O. The molecule has 0 aromatic rings. The molecule has 0 unspecified atom stereocenters. The molecule has 2 N–H and O–H groups in total. The average molecular weight is 341 g/mol. The minimum absolute atomic E-state index is 0. The first-order chi connectivity index (χ1) is 7.36. The SMILES string of the molecule is CCNC(=NCCCOCC)NC1CC1.I. The Morgan fingerprint density at radius 1 is 1.38 bits per heavy atom. The Morgan fingerprint density at radius 3 is 2.69 bits per heavy atom. The molecule has 1 fully saturated rings. The molecule has 1 rings (SSSR count). The number of nitrogens with one attached hydrogen (secondary N) is 2. The molecule has 0 heterocycles. The van der Waals surface area contributed by atoms with Gasteiger partial charge in [0.15, 0.2) is 5.96 Å². The van der Waals surface area contributed by atoms with Crippen LogP contribution in [-0.4, -0.2) is 38.3 Å². The second-order valence-corrected chi connectivity index (χ2v) is 3.73. The van der Waals surface area contributed by atoms with E-state index in [2.05, 4.69) is 22.5 Å². The Hall–Kier alpha value is -0.0400. The maximum absolute atomic E-state index is 5.26. The van der Waals surface area contributed by atoms with Crippen molar-refractivity contribution in [2.45, 2.75) is 39.2 Å². The fourth-order valence-corrected chi connectivity index (χ4v) is 1.24. The number of ether oxygens (including phenoxy) is 1. The Balaban J connectivity index is 0.00000225. The van der Waals surface area contributed by atoms with Gasteiger partial charge in [0.05, 0.1) is 0 Å². The van der Waals surface area contributed by atoms with E-state index in [0.29, 0.717) is 6.04 Å². The summed E-state index contributed by atoms with van der Waals surface area (Å²) >= 11 is 0. The van der Waals surface area contributed by atoms with E-state index in [1.165, 1.54) is 12.8 Å². The third kappa shape index (κ3) is 8.15. The average Bonchev–Trinajstić information content (AvgIpc) is 3.01. The van der Waals surface area contributed by atoms with Crippen LogP contribution in [0.1, 0.15) is 33.1 Å². The maximum Gasteiger partial charge on any atom is 0.191 e. The Bertz CT molecular complexity index is 196. The van der Waals surface area contributed by atoms with Crippen LogP contribution in [0.25, 0.3) is 0 Å². The fourth-order valence-electron chi connectivity index (χ4n) is 1.24. The minimum atomic E-state index is 0. The highest BCUT2D eigenvalue weighted by Gasteiger charge is 2.21. The largest absolute Gasteiger partial charge is 0.382 e. The molecule has 1 aliphatic carbocycles. The van der Waals surface area contributed by atoms with Crippen molar-refractivity contribution in [3.8, 4) is 0 Å². The van der Waals surface area contributed by atoms with Gasteiger partial charge in [-0.1, -0.05) is 0 Å². The Morgan fingerprint density at radius 2 is 2.12 bits per heavy atom. The van der Waals surface area contributed by atoms with Crippen molar-refractivity contribution in [2.24, 2.45) is 4.99 Å².